The first-order chi connectivity index (χ1) is 11.7. The summed E-state index contributed by atoms with van der Waals surface area (Å²) in [7, 11) is 2.13. The zero-order valence-electron chi connectivity index (χ0n) is 14.2. The zero-order chi connectivity index (χ0) is 16.8. The number of hydrogen-bond acceptors (Lipinski definition) is 4. The highest BCUT2D eigenvalue weighted by Crippen LogP contribution is 2.19. The summed E-state index contributed by atoms with van der Waals surface area (Å²) in [5, 5.41) is 0. The van der Waals surface area contributed by atoms with Crippen LogP contribution in [0.4, 0.5) is 0 Å². The topological polar surface area (TPSA) is 49.6 Å². The molecule has 2 aromatic rings. The maximum absolute atomic E-state index is 12.3. The molecular weight excluding hydrogens is 302 g/mol. The summed E-state index contributed by atoms with van der Waals surface area (Å²) < 4.78 is 5.29. The van der Waals surface area contributed by atoms with E-state index in [9.17, 15) is 4.79 Å². The highest BCUT2D eigenvalue weighted by atomic mass is 16.3. The van der Waals surface area contributed by atoms with Gasteiger partial charge in [-0.2, -0.15) is 0 Å². The number of pyridine rings is 1. The molecule has 3 rings (SSSR count). The van der Waals surface area contributed by atoms with Gasteiger partial charge in [0.05, 0.1) is 6.26 Å². The SMILES string of the molecule is CN(Cc1cccnc1)CC1CCN(C(=O)CCc2ccco2)C1. The first-order valence-electron chi connectivity index (χ1n) is 8.58. The van der Waals surface area contributed by atoms with Crippen LogP contribution in [-0.2, 0) is 17.8 Å². The third-order valence-electron chi connectivity index (χ3n) is 4.55. The van der Waals surface area contributed by atoms with Gasteiger partial charge in [-0.3, -0.25) is 9.78 Å². The lowest BCUT2D eigenvalue weighted by Gasteiger charge is -2.21. The normalized spacial score (nSPS) is 17.6. The largest absolute Gasteiger partial charge is 0.469 e. The molecule has 3 heterocycles. The van der Waals surface area contributed by atoms with E-state index in [4.69, 9.17) is 4.42 Å². The van der Waals surface area contributed by atoms with Crippen LogP contribution in [-0.4, -0.2) is 47.4 Å². The predicted molar refractivity (Wildman–Crippen MR) is 92.3 cm³/mol. The molecule has 1 aliphatic heterocycles. The lowest BCUT2D eigenvalue weighted by molar-refractivity contribution is -0.130. The van der Waals surface area contributed by atoms with Crippen molar-refractivity contribution in [2.24, 2.45) is 5.92 Å². The monoisotopic (exact) mass is 327 g/mol. The number of nitrogens with zero attached hydrogens (tertiary/aromatic N) is 3. The summed E-state index contributed by atoms with van der Waals surface area (Å²) in [6.07, 6.45) is 7.68. The maximum atomic E-state index is 12.3. The van der Waals surface area contributed by atoms with E-state index in [2.05, 4.69) is 23.0 Å². The summed E-state index contributed by atoms with van der Waals surface area (Å²) >= 11 is 0. The van der Waals surface area contributed by atoms with Crippen molar-refractivity contribution >= 4 is 5.91 Å². The Hall–Kier alpha value is -2.14. The second-order valence-electron chi connectivity index (χ2n) is 6.63. The van der Waals surface area contributed by atoms with Gasteiger partial charge in [-0.1, -0.05) is 6.07 Å². The van der Waals surface area contributed by atoms with Gasteiger partial charge in [-0.25, -0.2) is 0 Å². The first-order valence-corrected chi connectivity index (χ1v) is 8.58. The Morgan fingerprint density at radius 1 is 1.42 bits per heavy atom. The summed E-state index contributed by atoms with van der Waals surface area (Å²) in [6, 6.07) is 7.86. The Balaban J connectivity index is 1.40. The second-order valence-corrected chi connectivity index (χ2v) is 6.63. The lowest BCUT2D eigenvalue weighted by atomic mass is 10.1. The molecule has 0 N–H and O–H groups in total. The van der Waals surface area contributed by atoms with E-state index in [0.29, 0.717) is 18.8 Å². The predicted octanol–water partition coefficient (Wildman–Crippen LogP) is 2.59. The Kier molecular flexibility index (Phi) is 5.64. The van der Waals surface area contributed by atoms with Crippen molar-refractivity contribution in [1.82, 2.24) is 14.8 Å². The van der Waals surface area contributed by atoms with Crippen molar-refractivity contribution in [3.63, 3.8) is 0 Å². The van der Waals surface area contributed by atoms with Crippen molar-refractivity contribution in [2.75, 3.05) is 26.7 Å². The minimum atomic E-state index is 0.240. The quantitative estimate of drug-likeness (QED) is 0.784. The van der Waals surface area contributed by atoms with Gasteiger partial charge in [0, 0.05) is 51.4 Å². The molecular formula is C19H25N3O2. The van der Waals surface area contributed by atoms with Crippen molar-refractivity contribution in [3.8, 4) is 0 Å². The van der Waals surface area contributed by atoms with Crippen LogP contribution in [0.3, 0.4) is 0 Å². The molecule has 1 fully saturated rings. The molecule has 0 aliphatic carbocycles. The molecule has 2 aromatic heterocycles. The molecule has 1 aliphatic rings. The third-order valence-corrected chi connectivity index (χ3v) is 4.55. The maximum Gasteiger partial charge on any atom is 0.223 e. The minimum absolute atomic E-state index is 0.240. The van der Waals surface area contributed by atoms with E-state index in [1.807, 2.05) is 29.3 Å². The third kappa shape index (κ3) is 4.68. The molecule has 1 unspecified atom stereocenters. The second kappa shape index (κ2) is 8.11. The lowest BCUT2D eigenvalue weighted by Crippen LogP contribution is -2.31. The van der Waals surface area contributed by atoms with Crippen LogP contribution in [0.2, 0.25) is 0 Å². The minimum Gasteiger partial charge on any atom is -0.469 e. The average molecular weight is 327 g/mol. The van der Waals surface area contributed by atoms with Crippen LogP contribution in [0.15, 0.2) is 47.3 Å². The Labute approximate surface area is 143 Å². The molecule has 128 valence electrons. The van der Waals surface area contributed by atoms with E-state index in [0.717, 1.165) is 38.4 Å². The number of rotatable bonds is 7. The van der Waals surface area contributed by atoms with E-state index in [-0.39, 0.29) is 5.91 Å². The van der Waals surface area contributed by atoms with Crippen LogP contribution in [0, 0.1) is 5.92 Å². The number of aromatic nitrogens is 1. The fourth-order valence-corrected chi connectivity index (χ4v) is 3.36. The van der Waals surface area contributed by atoms with E-state index in [1.54, 1.807) is 12.5 Å². The van der Waals surface area contributed by atoms with Crippen molar-refractivity contribution in [1.29, 1.82) is 0 Å². The van der Waals surface area contributed by atoms with Crippen molar-refractivity contribution in [2.45, 2.75) is 25.8 Å². The summed E-state index contributed by atoms with van der Waals surface area (Å²) in [6.45, 7) is 3.66. The highest BCUT2D eigenvalue weighted by Gasteiger charge is 2.26. The standard InChI is InChI=1S/C19H25N3O2/c1-21(13-16-4-2-9-20-12-16)14-17-8-10-22(15-17)19(23)7-6-18-5-3-11-24-18/h2-5,9,11-12,17H,6-8,10,13-15H2,1H3. The molecule has 0 radical (unpaired) electrons. The molecule has 0 aromatic carbocycles. The molecule has 0 saturated carbocycles. The van der Waals surface area contributed by atoms with Crippen LogP contribution in [0.25, 0.3) is 0 Å². The molecule has 1 atom stereocenters. The molecule has 5 heteroatoms. The Morgan fingerprint density at radius 3 is 3.08 bits per heavy atom. The van der Waals surface area contributed by atoms with Gasteiger partial charge in [0.15, 0.2) is 0 Å². The van der Waals surface area contributed by atoms with Gasteiger partial charge in [0.1, 0.15) is 5.76 Å². The molecule has 1 saturated heterocycles. The zero-order valence-corrected chi connectivity index (χ0v) is 14.2. The summed E-state index contributed by atoms with van der Waals surface area (Å²) in [4.78, 5) is 20.8. The van der Waals surface area contributed by atoms with Gasteiger partial charge < -0.3 is 14.2 Å². The van der Waals surface area contributed by atoms with Crippen LogP contribution < -0.4 is 0 Å². The van der Waals surface area contributed by atoms with Gasteiger partial charge in [-0.15, -0.1) is 0 Å². The van der Waals surface area contributed by atoms with Gasteiger partial charge in [0.2, 0.25) is 5.91 Å². The smallest absolute Gasteiger partial charge is 0.223 e. The van der Waals surface area contributed by atoms with Crippen LogP contribution in [0.1, 0.15) is 24.2 Å². The van der Waals surface area contributed by atoms with E-state index in [1.165, 1.54) is 5.56 Å². The first kappa shape index (κ1) is 16.7. The number of carbonyl (C=O) groups excluding carboxylic acids is 1. The number of furan rings is 1. The number of amides is 1. The molecule has 0 bridgehead atoms. The van der Waals surface area contributed by atoms with Crippen molar-refractivity contribution < 1.29 is 9.21 Å². The van der Waals surface area contributed by atoms with Gasteiger partial charge >= 0.3 is 0 Å². The van der Waals surface area contributed by atoms with Gasteiger partial charge in [-0.05, 0) is 43.1 Å². The van der Waals surface area contributed by atoms with E-state index < -0.39 is 0 Å². The van der Waals surface area contributed by atoms with Crippen molar-refractivity contribution in [3.05, 3.63) is 54.2 Å². The fourth-order valence-electron chi connectivity index (χ4n) is 3.36. The van der Waals surface area contributed by atoms with Crippen LogP contribution >= 0.6 is 0 Å². The molecule has 5 nitrogen and oxygen atoms in total. The van der Waals surface area contributed by atoms with Gasteiger partial charge in [0.25, 0.3) is 0 Å². The number of hydrogen-bond donors (Lipinski definition) is 0. The van der Waals surface area contributed by atoms with E-state index >= 15 is 0 Å². The summed E-state index contributed by atoms with van der Waals surface area (Å²) in [5.41, 5.74) is 1.23. The molecule has 0 spiro atoms. The Bertz CT molecular complexity index is 627. The molecule has 1 amide bonds. The van der Waals surface area contributed by atoms with Crippen LogP contribution in [0.5, 0.6) is 0 Å². The fraction of sp³-hybridized carbons (Fsp3) is 0.474. The Morgan fingerprint density at radius 2 is 2.33 bits per heavy atom. The molecule has 24 heavy (non-hydrogen) atoms. The average Bonchev–Trinajstić information content (AvgIpc) is 3.25. The number of aryl methyl sites for hydroxylation is 1. The summed E-state index contributed by atoms with van der Waals surface area (Å²) in [5.74, 6) is 1.68. The number of carbonyl (C=O) groups is 1. The number of likely N-dealkylation sites (tertiary alicyclic amines) is 1. The highest BCUT2D eigenvalue weighted by molar-refractivity contribution is 5.76.